The number of fused-ring (bicyclic) bond motifs is 1. The number of aryl methyl sites for hydroxylation is 2. The number of nitrogen functional groups attached to an aromatic ring is 1. The summed E-state index contributed by atoms with van der Waals surface area (Å²) in [5.41, 5.74) is 9.90. The van der Waals surface area contributed by atoms with Crippen molar-refractivity contribution in [3.63, 3.8) is 0 Å². The maximum absolute atomic E-state index is 5.90. The Labute approximate surface area is 105 Å². The average Bonchev–Trinajstić information content (AvgIpc) is 2.74. The first kappa shape index (κ1) is 10.8. The van der Waals surface area contributed by atoms with E-state index >= 15 is 0 Å². The Hall–Kier alpha value is -2.29. The van der Waals surface area contributed by atoms with E-state index in [2.05, 4.69) is 18.0 Å². The van der Waals surface area contributed by atoms with Crippen LogP contribution in [0.2, 0.25) is 0 Å². The van der Waals surface area contributed by atoms with Crippen LogP contribution in [-0.4, -0.2) is 4.98 Å². The standard InChI is InChI=1S/C15H14N2O/c1-9-3-4-13-11(5-9)7-14(18-13)12-6-10(2)8-17-15(12)16/h3-8H,1-2H3,(H2,16,17). The number of rotatable bonds is 1. The molecule has 0 spiro atoms. The zero-order valence-corrected chi connectivity index (χ0v) is 10.4. The summed E-state index contributed by atoms with van der Waals surface area (Å²) in [6.07, 6.45) is 1.76. The molecule has 2 heterocycles. The van der Waals surface area contributed by atoms with Gasteiger partial charge in [0.25, 0.3) is 0 Å². The van der Waals surface area contributed by atoms with Crippen molar-refractivity contribution in [1.29, 1.82) is 0 Å². The highest BCUT2D eigenvalue weighted by Gasteiger charge is 2.10. The van der Waals surface area contributed by atoms with Crippen LogP contribution in [0.15, 0.2) is 40.9 Å². The van der Waals surface area contributed by atoms with Crippen molar-refractivity contribution in [2.75, 3.05) is 5.73 Å². The van der Waals surface area contributed by atoms with Crippen LogP contribution in [-0.2, 0) is 0 Å². The van der Waals surface area contributed by atoms with Gasteiger partial charge in [-0.05, 0) is 43.7 Å². The van der Waals surface area contributed by atoms with Gasteiger partial charge in [-0.1, -0.05) is 11.6 Å². The second-order valence-corrected chi connectivity index (χ2v) is 4.60. The molecule has 0 radical (unpaired) electrons. The molecule has 0 fully saturated rings. The number of nitrogens with zero attached hydrogens (tertiary/aromatic N) is 1. The molecule has 3 aromatic rings. The fourth-order valence-electron chi connectivity index (χ4n) is 2.07. The van der Waals surface area contributed by atoms with Gasteiger partial charge in [0.2, 0.25) is 0 Å². The van der Waals surface area contributed by atoms with E-state index in [1.54, 1.807) is 6.20 Å². The summed E-state index contributed by atoms with van der Waals surface area (Å²) in [4.78, 5) is 4.16. The Kier molecular flexibility index (Phi) is 2.33. The van der Waals surface area contributed by atoms with Crippen LogP contribution >= 0.6 is 0 Å². The van der Waals surface area contributed by atoms with Gasteiger partial charge in [0.15, 0.2) is 0 Å². The molecule has 1 aromatic carbocycles. The molecule has 0 amide bonds. The molecule has 3 rings (SSSR count). The fraction of sp³-hybridized carbons (Fsp3) is 0.133. The number of nitrogens with two attached hydrogens (primary N) is 1. The second-order valence-electron chi connectivity index (χ2n) is 4.60. The molecule has 3 nitrogen and oxygen atoms in total. The molecular weight excluding hydrogens is 224 g/mol. The maximum atomic E-state index is 5.90. The van der Waals surface area contributed by atoms with Crippen LogP contribution in [0.25, 0.3) is 22.3 Å². The predicted molar refractivity (Wildman–Crippen MR) is 73.3 cm³/mol. The highest BCUT2D eigenvalue weighted by molar-refractivity contribution is 5.85. The average molecular weight is 238 g/mol. The number of hydrogen-bond donors (Lipinski definition) is 1. The van der Waals surface area contributed by atoms with Crippen molar-refractivity contribution in [2.24, 2.45) is 0 Å². The Morgan fingerprint density at radius 2 is 1.89 bits per heavy atom. The summed E-state index contributed by atoms with van der Waals surface area (Å²) in [6, 6.07) is 10.1. The third kappa shape index (κ3) is 1.74. The predicted octanol–water partition coefficient (Wildman–Crippen LogP) is 3.69. The highest BCUT2D eigenvalue weighted by Crippen LogP contribution is 2.31. The van der Waals surface area contributed by atoms with Crippen molar-refractivity contribution >= 4 is 16.8 Å². The van der Waals surface area contributed by atoms with Crippen molar-refractivity contribution in [3.05, 3.63) is 47.7 Å². The van der Waals surface area contributed by atoms with Crippen LogP contribution in [0.5, 0.6) is 0 Å². The quantitative estimate of drug-likeness (QED) is 0.703. The first-order chi connectivity index (χ1) is 8.63. The Bertz CT molecular complexity index is 728. The van der Waals surface area contributed by atoms with Gasteiger partial charge in [-0.3, -0.25) is 0 Å². The van der Waals surface area contributed by atoms with Gasteiger partial charge in [-0.2, -0.15) is 0 Å². The Morgan fingerprint density at radius 3 is 2.72 bits per heavy atom. The molecule has 0 aliphatic carbocycles. The number of hydrogen-bond acceptors (Lipinski definition) is 3. The zero-order chi connectivity index (χ0) is 12.7. The van der Waals surface area contributed by atoms with E-state index in [9.17, 15) is 0 Å². The molecule has 0 bridgehead atoms. The topological polar surface area (TPSA) is 52.0 Å². The molecule has 2 N–H and O–H groups in total. The molecular formula is C15H14N2O. The van der Waals surface area contributed by atoms with Gasteiger partial charge in [0, 0.05) is 11.6 Å². The first-order valence-corrected chi connectivity index (χ1v) is 5.86. The number of anilines is 1. The minimum Gasteiger partial charge on any atom is -0.456 e. The lowest BCUT2D eigenvalue weighted by molar-refractivity contribution is 0.631. The van der Waals surface area contributed by atoms with E-state index in [1.165, 1.54) is 5.56 Å². The van der Waals surface area contributed by atoms with Gasteiger partial charge < -0.3 is 10.2 Å². The molecule has 0 unspecified atom stereocenters. The van der Waals surface area contributed by atoms with E-state index in [0.29, 0.717) is 5.82 Å². The number of benzene rings is 1. The minimum absolute atomic E-state index is 0.497. The summed E-state index contributed by atoms with van der Waals surface area (Å²) >= 11 is 0. The Morgan fingerprint density at radius 1 is 1.06 bits per heavy atom. The molecule has 90 valence electrons. The van der Waals surface area contributed by atoms with E-state index < -0.39 is 0 Å². The summed E-state index contributed by atoms with van der Waals surface area (Å²) < 4.78 is 5.82. The lowest BCUT2D eigenvalue weighted by Crippen LogP contribution is -1.93. The van der Waals surface area contributed by atoms with Crippen LogP contribution < -0.4 is 5.73 Å². The zero-order valence-electron chi connectivity index (χ0n) is 10.4. The van der Waals surface area contributed by atoms with Gasteiger partial charge in [0.1, 0.15) is 17.2 Å². The largest absolute Gasteiger partial charge is 0.456 e. The molecule has 2 aromatic heterocycles. The van der Waals surface area contributed by atoms with Gasteiger partial charge in [-0.25, -0.2) is 4.98 Å². The van der Waals surface area contributed by atoms with Crippen molar-refractivity contribution < 1.29 is 4.42 Å². The van der Waals surface area contributed by atoms with Crippen molar-refractivity contribution in [2.45, 2.75) is 13.8 Å². The summed E-state index contributed by atoms with van der Waals surface area (Å²) in [5, 5.41) is 1.09. The van der Waals surface area contributed by atoms with Crippen LogP contribution in [0.4, 0.5) is 5.82 Å². The third-order valence-electron chi connectivity index (χ3n) is 2.99. The van der Waals surface area contributed by atoms with E-state index in [1.807, 2.05) is 31.2 Å². The van der Waals surface area contributed by atoms with Crippen LogP contribution in [0, 0.1) is 13.8 Å². The number of aromatic nitrogens is 1. The van der Waals surface area contributed by atoms with Crippen LogP contribution in [0.1, 0.15) is 11.1 Å². The first-order valence-electron chi connectivity index (χ1n) is 5.86. The highest BCUT2D eigenvalue weighted by atomic mass is 16.3. The molecule has 0 atom stereocenters. The lowest BCUT2D eigenvalue weighted by atomic mass is 10.1. The van der Waals surface area contributed by atoms with Gasteiger partial charge in [-0.15, -0.1) is 0 Å². The van der Waals surface area contributed by atoms with Gasteiger partial charge >= 0.3 is 0 Å². The number of pyridine rings is 1. The second kappa shape index (κ2) is 3.88. The molecule has 3 heteroatoms. The van der Waals surface area contributed by atoms with E-state index in [4.69, 9.17) is 10.2 Å². The molecule has 0 aliphatic heterocycles. The SMILES string of the molecule is Cc1cnc(N)c(-c2cc3cc(C)ccc3o2)c1. The molecule has 0 saturated heterocycles. The third-order valence-corrected chi connectivity index (χ3v) is 2.99. The van der Waals surface area contributed by atoms with Crippen molar-refractivity contribution in [3.8, 4) is 11.3 Å². The lowest BCUT2D eigenvalue weighted by Gasteiger charge is -2.01. The smallest absolute Gasteiger partial charge is 0.139 e. The van der Waals surface area contributed by atoms with E-state index in [-0.39, 0.29) is 0 Å². The van der Waals surface area contributed by atoms with Crippen molar-refractivity contribution in [1.82, 2.24) is 4.98 Å². The normalized spacial score (nSPS) is 11.0. The maximum Gasteiger partial charge on any atom is 0.139 e. The van der Waals surface area contributed by atoms with Crippen LogP contribution in [0.3, 0.4) is 0 Å². The summed E-state index contributed by atoms with van der Waals surface area (Å²) in [7, 11) is 0. The number of furan rings is 1. The Balaban J connectivity index is 2.22. The molecule has 18 heavy (non-hydrogen) atoms. The summed E-state index contributed by atoms with van der Waals surface area (Å²) in [5.74, 6) is 1.26. The minimum atomic E-state index is 0.497. The monoisotopic (exact) mass is 238 g/mol. The van der Waals surface area contributed by atoms with E-state index in [0.717, 1.165) is 27.9 Å². The van der Waals surface area contributed by atoms with Gasteiger partial charge in [0.05, 0.1) is 5.56 Å². The fourth-order valence-corrected chi connectivity index (χ4v) is 2.07. The molecule has 0 aliphatic rings. The molecule has 0 saturated carbocycles. The summed E-state index contributed by atoms with van der Waals surface area (Å²) in [6.45, 7) is 4.05.